The molecule has 1 fully saturated rings. The molecular formula is C9H15NO3. The molecule has 1 heterocycles. The van der Waals surface area contributed by atoms with Crippen LogP contribution in [0.5, 0.6) is 0 Å². The molecular weight excluding hydrogens is 170 g/mol. The minimum atomic E-state index is -0.216. The zero-order chi connectivity index (χ0) is 9.84. The maximum atomic E-state index is 11.3. The normalized spacial score (nSPS) is 28.0. The Balaban J connectivity index is 2.62. The van der Waals surface area contributed by atoms with Gasteiger partial charge in [-0.05, 0) is 5.92 Å². The second-order valence-electron chi connectivity index (χ2n) is 3.31. The lowest BCUT2D eigenvalue weighted by Crippen LogP contribution is -2.44. The van der Waals surface area contributed by atoms with Gasteiger partial charge in [0, 0.05) is 13.0 Å². The number of methoxy groups -OCH3 is 1. The topological polar surface area (TPSA) is 55.4 Å². The Morgan fingerprint density at radius 3 is 2.92 bits per heavy atom. The molecule has 4 heteroatoms. The third kappa shape index (κ3) is 2.20. The van der Waals surface area contributed by atoms with Crippen molar-refractivity contribution in [3.05, 3.63) is 0 Å². The Bertz CT molecular complexity index is 215. The molecule has 2 atom stereocenters. The highest BCUT2D eigenvalue weighted by Gasteiger charge is 2.33. The number of amides is 1. The Hall–Kier alpha value is -1.06. The summed E-state index contributed by atoms with van der Waals surface area (Å²) in [5.74, 6) is -0.201. The maximum Gasteiger partial charge on any atom is 0.310 e. The molecule has 4 nitrogen and oxygen atoms in total. The van der Waals surface area contributed by atoms with Gasteiger partial charge in [-0.2, -0.15) is 0 Å². The number of esters is 1. The van der Waals surface area contributed by atoms with Gasteiger partial charge in [0.1, 0.15) is 0 Å². The van der Waals surface area contributed by atoms with Gasteiger partial charge in [-0.1, -0.05) is 13.3 Å². The van der Waals surface area contributed by atoms with Crippen LogP contribution in [0.2, 0.25) is 0 Å². The van der Waals surface area contributed by atoms with E-state index >= 15 is 0 Å². The molecule has 1 aliphatic heterocycles. The first-order valence-electron chi connectivity index (χ1n) is 4.53. The molecule has 1 rings (SSSR count). The average Bonchev–Trinajstić information content (AvgIpc) is 2.16. The zero-order valence-corrected chi connectivity index (χ0v) is 8.00. The summed E-state index contributed by atoms with van der Waals surface area (Å²) >= 11 is 0. The second-order valence-corrected chi connectivity index (χ2v) is 3.31. The predicted octanol–water partition coefficient (Wildman–Crippen LogP) is 0.322. The Morgan fingerprint density at radius 1 is 1.69 bits per heavy atom. The molecule has 0 spiro atoms. The van der Waals surface area contributed by atoms with Crippen LogP contribution in [0.25, 0.3) is 0 Å². The predicted molar refractivity (Wildman–Crippen MR) is 46.9 cm³/mol. The highest BCUT2D eigenvalue weighted by atomic mass is 16.5. The molecule has 1 N–H and O–H groups in total. The van der Waals surface area contributed by atoms with Crippen molar-refractivity contribution in [2.75, 3.05) is 13.7 Å². The first-order valence-corrected chi connectivity index (χ1v) is 4.53. The molecule has 0 aromatic rings. The summed E-state index contributed by atoms with van der Waals surface area (Å²) in [6, 6.07) is 0. The van der Waals surface area contributed by atoms with Crippen LogP contribution in [0.4, 0.5) is 0 Å². The molecule has 1 aliphatic rings. The summed E-state index contributed by atoms with van der Waals surface area (Å²) in [7, 11) is 1.38. The average molecular weight is 185 g/mol. The fourth-order valence-corrected chi connectivity index (χ4v) is 1.70. The molecule has 0 aliphatic carbocycles. The van der Waals surface area contributed by atoms with E-state index in [-0.39, 0.29) is 23.7 Å². The van der Waals surface area contributed by atoms with Gasteiger partial charge in [0.05, 0.1) is 13.0 Å². The Morgan fingerprint density at radius 2 is 2.38 bits per heavy atom. The van der Waals surface area contributed by atoms with Crippen molar-refractivity contribution < 1.29 is 14.3 Å². The number of carbonyl (C=O) groups is 2. The molecule has 0 radical (unpaired) electrons. The van der Waals surface area contributed by atoms with Crippen molar-refractivity contribution in [2.24, 2.45) is 11.8 Å². The van der Waals surface area contributed by atoms with Crippen molar-refractivity contribution in [3.63, 3.8) is 0 Å². The SMILES string of the molecule is CCC1CC(=O)NCC1C(=O)OC. The van der Waals surface area contributed by atoms with Crippen LogP contribution >= 0.6 is 0 Å². The van der Waals surface area contributed by atoms with Gasteiger partial charge in [-0.15, -0.1) is 0 Å². The lowest BCUT2D eigenvalue weighted by atomic mass is 9.84. The molecule has 2 unspecified atom stereocenters. The molecule has 0 aromatic carbocycles. The van der Waals surface area contributed by atoms with Crippen LogP contribution < -0.4 is 5.32 Å². The number of hydrogen-bond donors (Lipinski definition) is 1. The van der Waals surface area contributed by atoms with E-state index in [2.05, 4.69) is 10.1 Å². The van der Waals surface area contributed by atoms with E-state index in [9.17, 15) is 9.59 Å². The third-order valence-electron chi connectivity index (χ3n) is 2.56. The van der Waals surface area contributed by atoms with E-state index in [4.69, 9.17) is 0 Å². The highest BCUT2D eigenvalue weighted by Crippen LogP contribution is 2.23. The van der Waals surface area contributed by atoms with Crippen molar-refractivity contribution >= 4 is 11.9 Å². The smallest absolute Gasteiger partial charge is 0.310 e. The van der Waals surface area contributed by atoms with Gasteiger partial charge < -0.3 is 10.1 Å². The van der Waals surface area contributed by atoms with E-state index in [1.807, 2.05) is 6.92 Å². The maximum absolute atomic E-state index is 11.3. The molecule has 13 heavy (non-hydrogen) atoms. The monoisotopic (exact) mass is 185 g/mol. The number of carbonyl (C=O) groups excluding carboxylic acids is 2. The number of nitrogens with one attached hydrogen (secondary N) is 1. The number of rotatable bonds is 2. The third-order valence-corrected chi connectivity index (χ3v) is 2.56. The largest absolute Gasteiger partial charge is 0.469 e. The van der Waals surface area contributed by atoms with Crippen LogP contribution in [-0.4, -0.2) is 25.5 Å². The lowest BCUT2D eigenvalue weighted by Gasteiger charge is -2.28. The lowest BCUT2D eigenvalue weighted by molar-refractivity contribution is -0.149. The molecule has 0 saturated carbocycles. The summed E-state index contributed by atoms with van der Waals surface area (Å²) < 4.78 is 4.67. The number of ether oxygens (including phenoxy) is 1. The van der Waals surface area contributed by atoms with Crippen molar-refractivity contribution in [3.8, 4) is 0 Å². The minimum absolute atomic E-state index is 0.0343. The zero-order valence-electron chi connectivity index (χ0n) is 8.00. The Kier molecular flexibility index (Phi) is 3.28. The van der Waals surface area contributed by atoms with Crippen LogP contribution in [0, 0.1) is 11.8 Å². The first-order chi connectivity index (χ1) is 6.19. The van der Waals surface area contributed by atoms with Crippen LogP contribution in [0.3, 0.4) is 0 Å². The van der Waals surface area contributed by atoms with Gasteiger partial charge in [0.25, 0.3) is 0 Å². The fourth-order valence-electron chi connectivity index (χ4n) is 1.70. The van der Waals surface area contributed by atoms with Gasteiger partial charge >= 0.3 is 5.97 Å². The van der Waals surface area contributed by atoms with E-state index in [1.54, 1.807) is 0 Å². The second kappa shape index (κ2) is 4.25. The summed E-state index contributed by atoms with van der Waals surface area (Å²) in [5.41, 5.74) is 0. The summed E-state index contributed by atoms with van der Waals surface area (Å²) in [6.45, 7) is 2.41. The number of piperidine rings is 1. The van der Waals surface area contributed by atoms with Crippen LogP contribution in [-0.2, 0) is 14.3 Å². The molecule has 74 valence electrons. The highest BCUT2D eigenvalue weighted by molar-refractivity contribution is 5.81. The summed E-state index contributed by atoms with van der Waals surface area (Å²) in [4.78, 5) is 22.3. The van der Waals surface area contributed by atoms with E-state index in [0.717, 1.165) is 6.42 Å². The van der Waals surface area contributed by atoms with Crippen molar-refractivity contribution in [2.45, 2.75) is 19.8 Å². The van der Waals surface area contributed by atoms with Crippen molar-refractivity contribution in [1.82, 2.24) is 5.32 Å². The molecule has 1 amide bonds. The quantitative estimate of drug-likeness (QED) is 0.630. The van der Waals surface area contributed by atoms with Crippen LogP contribution in [0.15, 0.2) is 0 Å². The first kappa shape index (κ1) is 10.0. The fraction of sp³-hybridized carbons (Fsp3) is 0.778. The molecule has 0 bridgehead atoms. The summed E-state index contributed by atoms with van der Waals surface area (Å²) in [6.07, 6.45) is 1.28. The van der Waals surface area contributed by atoms with E-state index in [1.165, 1.54) is 7.11 Å². The van der Waals surface area contributed by atoms with E-state index in [0.29, 0.717) is 13.0 Å². The molecule has 0 aromatic heterocycles. The summed E-state index contributed by atoms with van der Waals surface area (Å²) in [5, 5.41) is 2.67. The Labute approximate surface area is 77.6 Å². The van der Waals surface area contributed by atoms with Gasteiger partial charge in [0.15, 0.2) is 0 Å². The number of hydrogen-bond acceptors (Lipinski definition) is 3. The van der Waals surface area contributed by atoms with Crippen molar-refractivity contribution in [1.29, 1.82) is 0 Å². The van der Waals surface area contributed by atoms with Gasteiger partial charge in [-0.3, -0.25) is 9.59 Å². The molecule has 1 saturated heterocycles. The van der Waals surface area contributed by atoms with E-state index < -0.39 is 0 Å². The minimum Gasteiger partial charge on any atom is -0.469 e. The van der Waals surface area contributed by atoms with Gasteiger partial charge in [0.2, 0.25) is 5.91 Å². The standard InChI is InChI=1S/C9H15NO3/c1-3-6-4-8(11)10-5-7(6)9(12)13-2/h6-7H,3-5H2,1-2H3,(H,10,11). The van der Waals surface area contributed by atoms with Gasteiger partial charge in [-0.25, -0.2) is 0 Å². The van der Waals surface area contributed by atoms with Crippen LogP contribution in [0.1, 0.15) is 19.8 Å².